The second kappa shape index (κ2) is 5.33. The van der Waals surface area contributed by atoms with Crippen LogP contribution in [0.3, 0.4) is 0 Å². The van der Waals surface area contributed by atoms with Gasteiger partial charge in [-0.1, -0.05) is 0 Å². The van der Waals surface area contributed by atoms with E-state index in [0.29, 0.717) is 0 Å². The summed E-state index contributed by atoms with van der Waals surface area (Å²) < 4.78 is 125. The summed E-state index contributed by atoms with van der Waals surface area (Å²) in [7, 11) is 0. The average Bonchev–Trinajstić information content (AvgIpc) is 2.07. The molecule has 0 aliphatic rings. The van der Waals surface area contributed by atoms with Gasteiger partial charge in [-0.15, -0.1) is 26.3 Å². The maximum absolute atomic E-state index is 12.8. The molecule has 0 aliphatic carbocycles. The summed E-state index contributed by atoms with van der Waals surface area (Å²) in [5.74, 6) is 0. The van der Waals surface area contributed by atoms with Crippen molar-refractivity contribution < 1.29 is 48.6 Å². The molecule has 0 aromatic heterocycles. The van der Waals surface area contributed by atoms with Crippen LogP contribution >= 0.6 is 0 Å². The van der Waals surface area contributed by atoms with Gasteiger partial charge in [-0.2, -0.15) is 22.5 Å². The van der Waals surface area contributed by atoms with Gasteiger partial charge in [0.1, 0.15) is 0 Å². The maximum atomic E-state index is 12.8. The van der Waals surface area contributed by atoms with E-state index in [1.54, 1.807) is 0 Å². The summed E-state index contributed by atoms with van der Waals surface area (Å²) in [5.41, 5.74) is -3.62. The second-order valence-corrected chi connectivity index (χ2v) is 2.82. The van der Waals surface area contributed by atoms with E-state index in [2.05, 4.69) is 4.74 Å². The zero-order valence-electron chi connectivity index (χ0n) is 8.84. The molecule has 0 saturated carbocycles. The van der Waals surface area contributed by atoms with Crippen LogP contribution in [0.2, 0.25) is 0 Å². The number of hydrogen-bond acceptors (Lipinski definition) is 2. The summed E-state index contributed by atoms with van der Waals surface area (Å²) >= 11 is 0. The summed E-state index contributed by atoms with van der Waals surface area (Å²) in [6.07, 6.45) is -19.3. The summed E-state index contributed by atoms with van der Waals surface area (Å²) in [6, 6.07) is -3.02. The Morgan fingerprint density at radius 2 is 1.26 bits per heavy atom. The molecular formula is C7H5F10NO. The molecule has 0 amide bonds. The van der Waals surface area contributed by atoms with Crippen molar-refractivity contribution >= 4 is 0 Å². The summed E-state index contributed by atoms with van der Waals surface area (Å²) in [5, 5.41) is 0. The van der Waals surface area contributed by atoms with Gasteiger partial charge in [0.15, 0.2) is 0 Å². The highest BCUT2D eigenvalue weighted by Crippen LogP contribution is 2.44. The molecule has 0 atom stereocenters. The van der Waals surface area contributed by atoms with E-state index in [9.17, 15) is 43.9 Å². The molecule has 0 aromatic carbocycles. The predicted octanol–water partition coefficient (Wildman–Crippen LogP) is 4.07. The minimum absolute atomic E-state index is 0.874. The van der Waals surface area contributed by atoms with Crippen molar-refractivity contribution in [2.45, 2.75) is 25.7 Å². The molecule has 0 aromatic rings. The van der Waals surface area contributed by atoms with Gasteiger partial charge in [0.05, 0.1) is 6.61 Å². The highest BCUT2D eigenvalue weighted by molar-refractivity contribution is 5.11. The number of halogens is 10. The molecule has 0 saturated heterocycles. The third kappa shape index (κ3) is 4.67. The fraction of sp³-hybridized carbons (Fsp3) is 0.714. The molecule has 12 heteroatoms. The average molecular weight is 309 g/mol. The Labute approximate surface area is 98.8 Å². The first-order chi connectivity index (χ1) is 8.23. The number of allylic oxidation sites excluding steroid dienone is 1. The molecule has 0 radical (unpaired) electrons. The second-order valence-electron chi connectivity index (χ2n) is 2.82. The third-order valence-electron chi connectivity index (χ3n) is 1.46. The van der Waals surface area contributed by atoms with E-state index in [4.69, 9.17) is 0 Å². The first-order valence-corrected chi connectivity index (χ1v) is 4.26. The Kier molecular flexibility index (Phi) is 4.95. The van der Waals surface area contributed by atoms with Crippen LogP contribution < -0.4 is 0 Å². The van der Waals surface area contributed by atoms with Crippen molar-refractivity contribution in [2.75, 3.05) is 6.61 Å². The lowest BCUT2D eigenvalue weighted by Gasteiger charge is -2.31. The maximum Gasteiger partial charge on any atom is 0.492 e. The molecular weight excluding hydrogens is 304 g/mol. The van der Waals surface area contributed by atoms with Crippen LogP contribution in [-0.2, 0) is 4.74 Å². The van der Waals surface area contributed by atoms with Crippen molar-refractivity contribution in [3.05, 3.63) is 11.7 Å². The lowest BCUT2D eigenvalue weighted by atomic mass is 10.4. The van der Waals surface area contributed by atoms with E-state index in [-0.39, 0.29) is 0 Å². The van der Waals surface area contributed by atoms with Crippen molar-refractivity contribution in [3.8, 4) is 0 Å². The topological polar surface area (TPSA) is 12.5 Å². The van der Waals surface area contributed by atoms with Crippen molar-refractivity contribution in [1.82, 2.24) is 4.90 Å². The lowest BCUT2D eigenvalue weighted by Crippen LogP contribution is -2.51. The van der Waals surface area contributed by atoms with Crippen molar-refractivity contribution in [2.24, 2.45) is 0 Å². The fourth-order valence-corrected chi connectivity index (χ4v) is 0.918. The standard InChI is InChI=1S/C7H5F10NO/c1-2-19-4(8)3(5(9,10)11)18(6(12,13)14)7(15,16)17/h2H2,1H3/b4-3+. The van der Waals surface area contributed by atoms with Gasteiger partial charge in [-0.3, -0.25) is 0 Å². The van der Waals surface area contributed by atoms with Crippen LogP contribution in [0.1, 0.15) is 6.92 Å². The van der Waals surface area contributed by atoms with E-state index in [1.807, 2.05) is 0 Å². The molecule has 0 N–H and O–H groups in total. The molecule has 0 fully saturated rings. The molecule has 2 nitrogen and oxygen atoms in total. The largest absolute Gasteiger partial charge is 0.492 e. The Hall–Kier alpha value is -1.36. The molecule has 0 rings (SSSR count). The fourth-order valence-electron chi connectivity index (χ4n) is 0.918. The van der Waals surface area contributed by atoms with Gasteiger partial charge in [0.2, 0.25) is 5.70 Å². The van der Waals surface area contributed by atoms with Gasteiger partial charge in [-0.25, -0.2) is 0 Å². The smallest absolute Gasteiger partial charge is 0.470 e. The van der Waals surface area contributed by atoms with Gasteiger partial charge < -0.3 is 4.74 Å². The van der Waals surface area contributed by atoms with Crippen molar-refractivity contribution in [1.29, 1.82) is 0 Å². The highest BCUT2D eigenvalue weighted by Gasteiger charge is 2.62. The van der Waals surface area contributed by atoms with Crippen LogP contribution in [0.25, 0.3) is 0 Å². The Balaban J connectivity index is 6.03. The normalized spacial score (nSPS) is 15.1. The third-order valence-corrected chi connectivity index (χ3v) is 1.46. The first-order valence-electron chi connectivity index (χ1n) is 4.26. The predicted molar refractivity (Wildman–Crippen MR) is 39.8 cm³/mol. The zero-order valence-corrected chi connectivity index (χ0v) is 8.84. The SMILES string of the molecule is CCO/C(F)=C(/N(C(F)(F)F)C(F)(F)F)C(F)(F)F. The van der Waals surface area contributed by atoms with E-state index in [1.165, 1.54) is 0 Å². The van der Waals surface area contributed by atoms with Crippen LogP contribution in [0.15, 0.2) is 11.7 Å². The van der Waals surface area contributed by atoms with Gasteiger partial charge in [0.25, 0.3) is 0 Å². The minimum Gasteiger partial charge on any atom is -0.470 e. The lowest BCUT2D eigenvalue weighted by molar-refractivity contribution is -0.372. The van der Waals surface area contributed by atoms with E-state index in [0.717, 1.165) is 6.92 Å². The highest BCUT2D eigenvalue weighted by atomic mass is 19.4. The minimum atomic E-state index is -6.53. The molecule has 0 heterocycles. The Morgan fingerprint density at radius 1 is 0.895 bits per heavy atom. The van der Waals surface area contributed by atoms with Gasteiger partial charge in [-0.05, 0) is 6.92 Å². The quantitative estimate of drug-likeness (QED) is 0.443. The van der Waals surface area contributed by atoms with Crippen LogP contribution in [-0.4, -0.2) is 30.3 Å². The van der Waals surface area contributed by atoms with E-state index >= 15 is 0 Å². The number of rotatable bonds is 3. The summed E-state index contributed by atoms with van der Waals surface area (Å²) in [4.78, 5) is -3.00. The molecule has 0 aliphatic heterocycles. The van der Waals surface area contributed by atoms with Crippen molar-refractivity contribution in [3.63, 3.8) is 0 Å². The number of hydrogen-bond donors (Lipinski definition) is 0. The van der Waals surface area contributed by atoms with Crippen LogP contribution in [0, 0.1) is 0 Å². The van der Waals surface area contributed by atoms with Gasteiger partial charge >= 0.3 is 24.8 Å². The number of nitrogens with zero attached hydrogens (tertiary/aromatic N) is 1. The van der Waals surface area contributed by atoms with Crippen LogP contribution in [0.4, 0.5) is 43.9 Å². The zero-order chi connectivity index (χ0) is 15.6. The Morgan fingerprint density at radius 3 is 1.47 bits per heavy atom. The summed E-state index contributed by atoms with van der Waals surface area (Å²) in [6.45, 7) is -0.0198. The van der Waals surface area contributed by atoms with Gasteiger partial charge in [0, 0.05) is 0 Å². The first kappa shape index (κ1) is 17.6. The molecule has 0 unspecified atom stereocenters. The monoisotopic (exact) mass is 309 g/mol. The molecule has 0 spiro atoms. The molecule has 19 heavy (non-hydrogen) atoms. The Bertz CT molecular complexity index is 323. The molecule has 114 valence electrons. The number of alkyl halides is 9. The molecule has 0 bridgehead atoms. The van der Waals surface area contributed by atoms with Crippen LogP contribution in [0.5, 0.6) is 0 Å². The van der Waals surface area contributed by atoms with E-state index < -0.39 is 42.0 Å². The number of ether oxygens (including phenoxy) is 1.